The van der Waals surface area contributed by atoms with Gasteiger partial charge in [0.1, 0.15) is 0 Å². The van der Waals surface area contributed by atoms with E-state index in [0.717, 1.165) is 19.4 Å². The van der Waals surface area contributed by atoms with E-state index in [2.05, 4.69) is 10.6 Å². The van der Waals surface area contributed by atoms with Crippen LogP contribution < -0.4 is 10.6 Å². The van der Waals surface area contributed by atoms with E-state index in [-0.39, 0.29) is 11.7 Å². The molecular weight excluding hydrogens is 332 g/mol. The van der Waals surface area contributed by atoms with Gasteiger partial charge >= 0.3 is 11.9 Å². The molecule has 1 heterocycles. The van der Waals surface area contributed by atoms with Crippen molar-refractivity contribution in [1.29, 1.82) is 0 Å². The van der Waals surface area contributed by atoms with Gasteiger partial charge in [0.05, 0.1) is 37.1 Å². The van der Waals surface area contributed by atoms with Gasteiger partial charge in [0.25, 0.3) is 0 Å². The molecule has 1 saturated heterocycles. The van der Waals surface area contributed by atoms with E-state index in [1.54, 1.807) is 0 Å². The molecule has 1 aromatic carbocycles. The SMILES string of the molecule is COC(=O)c1ccc(C(=O)OC)c(NC(=S)NCC2CCCO2)c1. The van der Waals surface area contributed by atoms with Crippen LogP contribution in [0.15, 0.2) is 18.2 Å². The summed E-state index contributed by atoms with van der Waals surface area (Å²) in [5.74, 6) is -1.04. The van der Waals surface area contributed by atoms with E-state index < -0.39 is 11.9 Å². The second-order valence-corrected chi connectivity index (χ2v) is 5.62. The van der Waals surface area contributed by atoms with Crippen molar-refractivity contribution in [3.8, 4) is 0 Å². The number of ether oxygens (including phenoxy) is 3. The molecular formula is C16H20N2O5S. The summed E-state index contributed by atoms with van der Waals surface area (Å²) in [5, 5.41) is 6.30. The minimum Gasteiger partial charge on any atom is -0.465 e. The molecule has 1 aromatic rings. The number of hydrogen-bond acceptors (Lipinski definition) is 6. The number of thiocarbonyl (C=S) groups is 1. The van der Waals surface area contributed by atoms with Crippen LogP contribution in [0.2, 0.25) is 0 Å². The van der Waals surface area contributed by atoms with E-state index in [1.165, 1.54) is 32.4 Å². The molecule has 0 aromatic heterocycles. The molecule has 2 rings (SSSR count). The molecule has 1 aliphatic rings. The van der Waals surface area contributed by atoms with Crippen molar-refractivity contribution in [3.05, 3.63) is 29.3 Å². The lowest BCUT2D eigenvalue weighted by Crippen LogP contribution is -2.35. The minimum atomic E-state index is -0.532. The number of hydrogen-bond donors (Lipinski definition) is 2. The summed E-state index contributed by atoms with van der Waals surface area (Å²) < 4.78 is 15.0. The van der Waals surface area contributed by atoms with E-state index in [4.69, 9.17) is 26.4 Å². The molecule has 0 spiro atoms. The fourth-order valence-electron chi connectivity index (χ4n) is 2.36. The lowest BCUT2D eigenvalue weighted by atomic mass is 10.1. The predicted molar refractivity (Wildman–Crippen MR) is 92.3 cm³/mol. The summed E-state index contributed by atoms with van der Waals surface area (Å²) in [6.45, 7) is 1.34. The Bertz CT molecular complexity index is 629. The fraction of sp³-hybridized carbons (Fsp3) is 0.438. The Hall–Kier alpha value is -2.19. The molecule has 0 radical (unpaired) electrons. The molecule has 1 fully saturated rings. The van der Waals surface area contributed by atoms with Crippen molar-refractivity contribution >= 4 is 35.0 Å². The largest absolute Gasteiger partial charge is 0.465 e. The van der Waals surface area contributed by atoms with E-state index in [1.807, 2.05) is 0 Å². The molecule has 130 valence electrons. The van der Waals surface area contributed by atoms with Crippen molar-refractivity contribution in [2.45, 2.75) is 18.9 Å². The molecule has 8 heteroatoms. The first kappa shape index (κ1) is 18.2. The van der Waals surface area contributed by atoms with Crippen molar-refractivity contribution in [2.75, 3.05) is 32.7 Å². The Morgan fingerprint density at radius 1 is 1.29 bits per heavy atom. The van der Waals surface area contributed by atoms with Crippen LogP contribution in [0.5, 0.6) is 0 Å². The number of benzene rings is 1. The molecule has 1 atom stereocenters. The van der Waals surface area contributed by atoms with Gasteiger partial charge in [-0.3, -0.25) is 0 Å². The summed E-state index contributed by atoms with van der Waals surface area (Å²) in [5.41, 5.74) is 0.940. The van der Waals surface area contributed by atoms with E-state index >= 15 is 0 Å². The normalized spacial score (nSPS) is 16.3. The minimum absolute atomic E-state index is 0.131. The average Bonchev–Trinajstić information content (AvgIpc) is 3.12. The van der Waals surface area contributed by atoms with Crippen molar-refractivity contribution in [2.24, 2.45) is 0 Å². The van der Waals surface area contributed by atoms with Crippen molar-refractivity contribution < 1.29 is 23.8 Å². The first-order valence-corrected chi connectivity index (χ1v) is 7.93. The van der Waals surface area contributed by atoms with E-state index in [9.17, 15) is 9.59 Å². The van der Waals surface area contributed by atoms with Crippen LogP contribution in [0, 0.1) is 0 Å². The maximum absolute atomic E-state index is 11.9. The molecule has 24 heavy (non-hydrogen) atoms. The number of rotatable bonds is 5. The van der Waals surface area contributed by atoms with Crippen LogP contribution >= 0.6 is 12.2 Å². The molecule has 0 amide bonds. The third kappa shape index (κ3) is 4.65. The number of esters is 2. The number of anilines is 1. The van der Waals surface area contributed by atoms with Gasteiger partial charge in [0.15, 0.2) is 5.11 Å². The third-order valence-electron chi connectivity index (χ3n) is 3.61. The zero-order valence-electron chi connectivity index (χ0n) is 13.6. The van der Waals surface area contributed by atoms with Gasteiger partial charge in [0.2, 0.25) is 0 Å². The highest BCUT2D eigenvalue weighted by Gasteiger charge is 2.18. The summed E-state index contributed by atoms with van der Waals surface area (Å²) in [7, 11) is 2.58. The molecule has 0 saturated carbocycles. The van der Waals surface area contributed by atoms with Crippen LogP contribution in [-0.4, -0.2) is 50.5 Å². The smallest absolute Gasteiger partial charge is 0.339 e. The molecule has 0 aliphatic carbocycles. The molecule has 1 unspecified atom stereocenters. The molecule has 0 bridgehead atoms. The van der Waals surface area contributed by atoms with Crippen molar-refractivity contribution in [1.82, 2.24) is 5.32 Å². The Morgan fingerprint density at radius 3 is 2.67 bits per heavy atom. The predicted octanol–water partition coefficient (Wildman–Crippen LogP) is 1.73. The van der Waals surface area contributed by atoms with Gasteiger partial charge in [0, 0.05) is 13.2 Å². The summed E-state index contributed by atoms with van der Waals surface area (Å²) in [4.78, 5) is 23.5. The summed E-state index contributed by atoms with van der Waals surface area (Å²) >= 11 is 5.24. The van der Waals surface area contributed by atoms with E-state index in [0.29, 0.717) is 22.9 Å². The maximum atomic E-state index is 11.9. The topological polar surface area (TPSA) is 85.9 Å². The second kappa shape index (κ2) is 8.60. The van der Waals surface area contributed by atoms with Gasteiger partial charge in [-0.2, -0.15) is 0 Å². The number of methoxy groups -OCH3 is 2. The Balaban J connectivity index is 2.10. The zero-order valence-corrected chi connectivity index (χ0v) is 14.4. The highest BCUT2D eigenvalue weighted by molar-refractivity contribution is 7.80. The molecule has 7 nitrogen and oxygen atoms in total. The quantitative estimate of drug-likeness (QED) is 0.612. The number of carbonyl (C=O) groups is 2. The number of nitrogens with one attached hydrogen (secondary N) is 2. The second-order valence-electron chi connectivity index (χ2n) is 5.21. The van der Waals surface area contributed by atoms with Crippen LogP contribution in [0.4, 0.5) is 5.69 Å². The fourth-order valence-corrected chi connectivity index (χ4v) is 2.55. The number of carbonyl (C=O) groups excluding carboxylic acids is 2. The van der Waals surface area contributed by atoms with Crippen LogP contribution in [0.1, 0.15) is 33.6 Å². The maximum Gasteiger partial charge on any atom is 0.339 e. The Morgan fingerprint density at radius 2 is 2.04 bits per heavy atom. The highest BCUT2D eigenvalue weighted by Crippen LogP contribution is 2.20. The third-order valence-corrected chi connectivity index (χ3v) is 3.85. The van der Waals surface area contributed by atoms with Crippen molar-refractivity contribution in [3.63, 3.8) is 0 Å². The molecule has 1 aliphatic heterocycles. The van der Waals surface area contributed by atoms with Crippen LogP contribution in [0.3, 0.4) is 0 Å². The van der Waals surface area contributed by atoms with Crippen LogP contribution in [-0.2, 0) is 14.2 Å². The first-order chi connectivity index (χ1) is 11.5. The van der Waals surface area contributed by atoms with Gasteiger partial charge < -0.3 is 24.8 Å². The first-order valence-electron chi connectivity index (χ1n) is 7.52. The van der Waals surface area contributed by atoms with Gasteiger partial charge in [-0.15, -0.1) is 0 Å². The average molecular weight is 352 g/mol. The highest BCUT2D eigenvalue weighted by atomic mass is 32.1. The Kier molecular flexibility index (Phi) is 6.51. The summed E-state index contributed by atoms with van der Waals surface area (Å²) in [6, 6.07) is 4.48. The Labute approximate surface area is 145 Å². The monoisotopic (exact) mass is 352 g/mol. The van der Waals surface area contributed by atoms with Gasteiger partial charge in [-0.1, -0.05) is 0 Å². The standard InChI is InChI=1S/C16H20N2O5S/c1-21-14(19)10-5-6-12(15(20)22-2)13(8-10)18-16(24)17-9-11-4-3-7-23-11/h5-6,8,11H,3-4,7,9H2,1-2H3,(H2,17,18,24). The lowest BCUT2D eigenvalue weighted by Gasteiger charge is -2.16. The van der Waals surface area contributed by atoms with Gasteiger partial charge in [-0.05, 0) is 43.3 Å². The molecule has 2 N–H and O–H groups in total. The zero-order chi connectivity index (χ0) is 17.5. The summed E-state index contributed by atoms with van der Waals surface area (Å²) in [6.07, 6.45) is 2.16. The lowest BCUT2D eigenvalue weighted by molar-refractivity contribution is 0.0587. The van der Waals surface area contributed by atoms with Crippen LogP contribution in [0.25, 0.3) is 0 Å². The van der Waals surface area contributed by atoms with Gasteiger partial charge in [-0.25, -0.2) is 9.59 Å².